The fourth-order valence-electron chi connectivity index (χ4n) is 5.29. The third-order valence-corrected chi connectivity index (χ3v) is 7.81. The summed E-state index contributed by atoms with van der Waals surface area (Å²) in [5.74, 6) is -0.768. The Bertz CT molecular complexity index is 1560. The number of hydrogen-bond donors (Lipinski definition) is 3. The van der Waals surface area contributed by atoms with Gasteiger partial charge in [0.25, 0.3) is 5.91 Å². The summed E-state index contributed by atoms with van der Waals surface area (Å²) in [5.41, 5.74) is 3.04. The van der Waals surface area contributed by atoms with Gasteiger partial charge in [-0.05, 0) is 53.4 Å². The number of benzene rings is 4. The van der Waals surface area contributed by atoms with Gasteiger partial charge >= 0.3 is 5.97 Å². The van der Waals surface area contributed by atoms with Gasteiger partial charge in [0.1, 0.15) is 24.7 Å². The van der Waals surface area contributed by atoms with Gasteiger partial charge in [0.05, 0.1) is 16.8 Å². The third-order valence-electron chi connectivity index (χ3n) is 7.81. The van der Waals surface area contributed by atoms with Gasteiger partial charge in [0.15, 0.2) is 0 Å². The number of piperazine rings is 1. The second-order valence-corrected chi connectivity index (χ2v) is 10.9. The molecule has 0 atom stereocenters. The number of carbonyl (C=O) groups excluding carboxylic acids is 1. The Balaban J connectivity index is 1.32. The van der Waals surface area contributed by atoms with E-state index in [1.807, 2.05) is 60.7 Å². The van der Waals surface area contributed by atoms with Crippen LogP contribution in [0.1, 0.15) is 32.7 Å². The topological polar surface area (TPSA) is 112 Å². The molecule has 4 aromatic rings. The second-order valence-electron chi connectivity index (χ2n) is 10.9. The van der Waals surface area contributed by atoms with E-state index in [1.165, 1.54) is 6.07 Å². The van der Waals surface area contributed by atoms with E-state index < -0.39 is 11.9 Å². The van der Waals surface area contributed by atoms with Crippen molar-refractivity contribution in [3.63, 3.8) is 0 Å². The van der Waals surface area contributed by atoms with Crippen LogP contribution in [0.15, 0.2) is 97.1 Å². The number of aliphatic hydroxyl groups is 1. The molecule has 9 heteroatoms. The zero-order chi connectivity index (χ0) is 31.4. The lowest BCUT2D eigenvalue weighted by Crippen LogP contribution is -2.47. The lowest BCUT2D eigenvalue weighted by Gasteiger charge is -2.34. The highest BCUT2D eigenvalue weighted by Crippen LogP contribution is 2.30. The van der Waals surface area contributed by atoms with Crippen LogP contribution in [0.3, 0.4) is 0 Å². The van der Waals surface area contributed by atoms with Gasteiger partial charge in [-0.1, -0.05) is 66.7 Å². The van der Waals surface area contributed by atoms with Crippen molar-refractivity contribution in [3.05, 3.63) is 114 Å². The second kappa shape index (κ2) is 15.9. The van der Waals surface area contributed by atoms with Crippen LogP contribution in [-0.2, 0) is 6.61 Å². The fraction of sp³-hybridized carbons (Fsp3) is 0.278. The molecule has 1 heterocycles. The molecular formula is C36H39N3O6. The molecule has 0 bridgehead atoms. The predicted molar refractivity (Wildman–Crippen MR) is 174 cm³/mol. The van der Waals surface area contributed by atoms with Crippen LogP contribution < -0.4 is 14.8 Å². The molecule has 45 heavy (non-hydrogen) atoms. The van der Waals surface area contributed by atoms with Crippen LogP contribution in [0.2, 0.25) is 0 Å². The lowest BCUT2D eigenvalue weighted by atomic mass is 10.0. The van der Waals surface area contributed by atoms with Crippen LogP contribution >= 0.6 is 0 Å². The molecule has 0 aromatic heterocycles. The van der Waals surface area contributed by atoms with E-state index in [-0.39, 0.29) is 30.0 Å². The largest absolute Gasteiger partial charge is 0.492 e. The van der Waals surface area contributed by atoms with Crippen molar-refractivity contribution in [2.75, 3.05) is 57.8 Å². The Morgan fingerprint density at radius 2 is 1.42 bits per heavy atom. The van der Waals surface area contributed by atoms with Crippen LogP contribution in [0.25, 0.3) is 11.1 Å². The Kier molecular flexibility index (Phi) is 11.2. The minimum atomic E-state index is -1.14. The van der Waals surface area contributed by atoms with Gasteiger partial charge in [0, 0.05) is 45.9 Å². The van der Waals surface area contributed by atoms with Gasteiger partial charge in [-0.3, -0.25) is 9.69 Å². The molecule has 0 spiro atoms. The summed E-state index contributed by atoms with van der Waals surface area (Å²) >= 11 is 0. The van der Waals surface area contributed by atoms with Crippen LogP contribution in [0.4, 0.5) is 5.69 Å². The molecule has 5 rings (SSSR count). The monoisotopic (exact) mass is 609 g/mol. The molecule has 0 aliphatic carbocycles. The Morgan fingerprint density at radius 3 is 2.11 bits per heavy atom. The van der Waals surface area contributed by atoms with E-state index in [2.05, 4.69) is 15.1 Å². The van der Waals surface area contributed by atoms with E-state index >= 15 is 0 Å². The minimum absolute atomic E-state index is 0.0151. The van der Waals surface area contributed by atoms with Crippen molar-refractivity contribution in [3.8, 4) is 22.6 Å². The number of rotatable bonds is 14. The van der Waals surface area contributed by atoms with Crippen molar-refractivity contribution < 1.29 is 29.3 Å². The molecule has 234 valence electrons. The number of aliphatic hydroxyl groups excluding tert-OH is 1. The van der Waals surface area contributed by atoms with Crippen LogP contribution in [0.5, 0.6) is 11.5 Å². The predicted octanol–water partition coefficient (Wildman–Crippen LogP) is 5.26. The third kappa shape index (κ3) is 8.92. The van der Waals surface area contributed by atoms with Gasteiger partial charge < -0.3 is 29.9 Å². The number of carboxylic acids is 1. The first-order valence-corrected chi connectivity index (χ1v) is 15.2. The van der Waals surface area contributed by atoms with Crippen molar-refractivity contribution in [2.45, 2.75) is 13.0 Å². The quantitative estimate of drug-likeness (QED) is 0.178. The minimum Gasteiger partial charge on any atom is -0.492 e. The van der Waals surface area contributed by atoms with Gasteiger partial charge in [-0.15, -0.1) is 0 Å². The molecule has 0 radical (unpaired) electrons. The Morgan fingerprint density at radius 1 is 0.733 bits per heavy atom. The van der Waals surface area contributed by atoms with Gasteiger partial charge in [-0.2, -0.15) is 0 Å². The molecule has 3 N–H and O–H groups in total. The molecule has 1 saturated heterocycles. The fourth-order valence-corrected chi connectivity index (χ4v) is 5.29. The molecule has 1 amide bonds. The Hall–Kier alpha value is -4.70. The van der Waals surface area contributed by atoms with Crippen molar-refractivity contribution >= 4 is 17.6 Å². The summed E-state index contributed by atoms with van der Waals surface area (Å²) in [7, 11) is 0. The van der Waals surface area contributed by atoms with Crippen LogP contribution in [-0.4, -0.2) is 84.4 Å². The molecule has 9 nitrogen and oxygen atoms in total. The smallest absolute Gasteiger partial charge is 0.337 e. The average molecular weight is 610 g/mol. The van der Waals surface area contributed by atoms with E-state index in [1.54, 1.807) is 30.3 Å². The standard InChI is InChI=1S/C36H39N3O6/c40-22-7-16-38-17-19-39(20-18-38)21-23-44-30-13-15-34(45-26-27-8-3-1-4-9-27)32(25-30)35(41)37-33-24-29(12-14-31(33)36(42)43)28-10-5-2-6-11-28/h1-6,8-15,24-25,40H,7,16-23,26H2,(H,37,41)(H,42,43). The zero-order valence-electron chi connectivity index (χ0n) is 25.2. The number of hydrogen-bond acceptors (Lipinski definition) is 7. The van der Waals surface area contributed by atoms with E-state index in [0.29, 0.717) is 18.1 Å². The molecule has 0 saturated carbocycles. The lowest BCUT2D eigenvalue weighted by molar-refractivity contribution is 0.0698. The van der Waals surface area contributed by atoms with Gasteiger partial charge in [0.2, 0.25) is 0 Å². The number of amides is 1. The van der Waals surface area contributed by atoms with E-state index in [0.717, 1.165) is 62.4 Å². The van der Waals surface area contributed by atoms with Crippen molar-refractivity contribution in [2.24, 2.45) is 0 Å². The maximum absolute atomic E-state index is 13.8. The van der Waals surface area contributed by atoms with E-state index in [4.69, 9.17) is 14.6 Å². The highest BCUT2D eigenvalue weighted by Gasteiger charge is 2.20. The first kappa shape index (κ1) is 31.7. The first-order valence-electron chi connectivity index (χ1n) is 15.2. The number of anilines is 1. The molecule has 4 aromatic carbocycles. The van der Waals surface area contributed by atoms with Gasteiger partial charge in [-0.25, -0.2) is 4.79 Å². The summed E-state index contributed by atoms with van der Waals surface area (Å²) in [4.78, 5) is 30.5. The molecule has 1 fully saturated rings. The molecule has 1 aliphatic rings. The highest BCUT2D eigenvalue weighted by molar-refractivity contribution is 6.09. The number of aromatic carboxylic acids is 1. The maximum Gasteiger partial charge on any atom is 0.337 e. The number of nitrogens with zero attached hydrogens (tertiary/aromatic N) is 2. The zero-order valence-corrected chi connectivity index (χ0v) is 25.2. The first-order chi connectivity index (χ1) is 22.0. The maximum atomic E-state index is 13.8. The summed E-state index contributed by atoms with van der Waals surface area (Å²) in [5, 5.41) is 21.8. The molecular weight excluding hydrogens is 570 g/mol. The Labute approximate surface area is 263 Å². The SMILES string of the molecule is O=C(O)c1ccc(-c2ccccc2)cc1NC(=O)c1cc(OCCN2CCN(CCCO)CC2)ccc1OCc1ccccc1. The van der Waals surface area contributed by atoms with E-state index in [9.17, 15) is 14.7 Å². The average Bonchev–Trinajstić information content (AvgIpc) is 3.08. The highest BCUT2D eigenvalue weighted by atomic mass is 16.5. The van der Waals surface area contributed by atoms with Crippen LogP contribution in [0, 0.1) is 0 Å². The number of carbonyl (C=O) groups is 2. The number of ether oxygens (including phenoxy) is 2. The van der Waals surface area contributed by atoms with Crippen molar-refractivity contribution in [1.29, 1.82) is 0 Å². The normalized spacial score (nSPS) is 13.7. The van der Waals surface area contributed by atoms with Crippen molar-refractivity contribution in [1.82, 2.24) is 9.80 Å². The number of nitrogens with one attached hydrogen (secondary N) is 1. The summed E-state index contributed by atoms with van der Waals surface area (Å²) in [6.45, 7) is 6.36. The summed E-state index contributed by atoms with van der Waals surface area (Å²) in [6, 6.07) is 29.3. The summed E-state index contributed by atoms with van der Waals surface area (Å²) < 4.78 is 12.2. The number of carboxylic acid groups (broad SMARTS) is 1. The molecule has 0 unspecified atom stereocenters. The summed E-state index contributed by atoms with van der Waals surface area (Å²) in [6.07, 6.45) is 0.792. The molecule has 1 aliphatic heterocycles.